The van der Waals surface area contributed by atoms with Crippen molar-refractivity contribution in [2.45, 2.75) is 59.7 Å². The Morgan fingerprint density at radius 1 is 1.35 bits per heavy atom. The summed E-state index contributed by atoms with van der Waals surface area (Å²) in [5, 5.41) is 4.55. The fourth-order valence-electron chi connectivity index (χ4n) is 1.51. The van der Waals surface area contributed by atoms with Crippen LogP contribution < -0.4 is 5.32 Å². The Balaban J connectivity index is 2.56. The topological polar surface area (TPSA) is 34.1 Å². The minimum atomic E-state index is 0.515. The van der Waals surface area contributed by atoms with Crippen LogP contribution in [0.2, 0.25) is 0 Å². The predicted octanol–water partition coefficient (Wildman–Crippen LogP) is 3.13. The fraction of sp³-hybridized carbons (Fsp3) is 0.769. The van der Waals surface area contributed by atoms with Gasteiger partial charge < -0.3 is 10.1 Å². The summed E-state index contributed by atoms with van der Waals surface area (Å²) in [7, 11) is 0. The standard InChI is InChI=1S/C13H24N2OS/c1-5-7-16-9-13-15-11(6-2)12(17-13)8-14-10(3)4/h10,14H,5-9H2,1-4H3. The van der Waals surface area contributed by atoms with Gasteiger partial charge in [0.05, 0.1) is 12.3 Å². The van der Waals surface area contributed by atoms with E-state index in [-0.39, 0.29) is 0 Å². The molecular weight excluding hydrogens is 232 g/mol. The Kier molecular flexibility index (Phi) is 6.70. The van der Waals surface area contributed by atoms with Crippen LogP contribution in [-0.2, 0) is 24.3 Å². The first-order valence-corrected chi connectivity index (χ1v) is 7.27. The lowest BCUT2D eigenvalue weighted by Gasteiger charge is -2.06. The highest BCUT2D eigenvalue weighted by Crippen LogP contribution is 2.20. The van der Waals surface area contributed by atoms with E-state index >= 15 is 0 Å². The van der Waals surface area contributed by atoms with Crippen molar-refractivity contribution in [1.29, 1.82) is 0 Å². The van der Waals surface area contributed by atoms with Crippen LogP contribution in [0.4, 0.5) is 0 Å². The molecule has 1 N–H and O–H groups in total. The summed E-state index contributed by atoms with van der Waals surface area (Å²) in [6, 6.07) is 0.515. The number of aromatic nitrogens is 1. The molecule has 0 atom stereocenters. The fourth-order valence-corrected chi connectivity index (χ4v) is 2.56. The van der Waals surface area contributed by atoms with Crippen molar-refractivity contribution in [2.75, 3.05) is 6.61 Å². The maximum absolute atomic E-state index is 5.53. The molecule has 0 spiro atoms. The Morgan fingerprint density at radius 3 is 2.71 bits per heavy atom. The van der Waals surface area contributed by atoms with Gasteiger partial charge in [0, 0.05) is 24.1 Å². The van der Waals surface area contributed by atoms with Gasteiger partial charge in [0.25, 0.3) is 0 Å². The Hall–Kier alpha value is -0.450. The van der Waals surface area contributed by atoms with Crippen molar-refractivity contribution in [1.82, 2.24) is 10.3 Å². The van der Waals surface area contributed by atoms with E-state index in [9.17, 15) is 0 Å². The average molecular weight is 256 g/mol. The van der Waals surface area contributed by atoms with Crippen LogP contribution in [0.1, 0.15) is 49.7 Å². The maximum atomic E-state index is 5.53. The van der Waals surface area contributed by atoms with Crippen molar-refractivity contribution < 1.29 is 4.74 Å². The van der Waals surface area contributed by atoms with Crippen LogP contribution in [0.3, 0.4) is 0 Å². The lowest BCUT2D eigenvalue weighted by Crippen LogP contribution is -2.21. The summed E-state index contributed by atoms with van der Waals surface area (Å²) in [4.78, 5) is 5.99. The Labute approximate surface area is 109 Å². The molecule has 1 aromatic heterocycles. The van der Waals surface area contributed by atoms with Gasteiger partial charge in [-0.25, -0.2) is 4.98 Å². The summed E-state index contributed by atoms with van der Waals surface area (Å²) < 4.78 is 5.53. The van der Waals surface area contributed by atoms with Gasteiger partial charge in [-0.05, 0) is 12.8 Å². The van der Waals surface area contributed by atoms with Crippen molar-refractivity contribution in [3.05, 3.63) is 15.6 Å². The number of thiazole rings is 1. The second kappa shape index (κ2) is 7.80. The SMILES string of the molecule is CCCOCc1nc(CC)c(CNC(C)C)s1. The number of ether oxygens (including phenoxy) is 1. The lowest BCUT2D eigenvalue weighted by atomic mass is 10.3. The molecule has 17 heavy (non-hydrogen) atoms. The van der Waals surface area contributed by atoms with Gasteiger partial charge in [0.1, 0.15) is 5.01 Å². The van der Waals surface area contributed by atoms with E-state index in [2.05, 4.69) is 38.0 Å². The number of nitrogens with one attached hydrogen (secondary N) is 1. The number of hydrogen-bond acceptors (Lipinski definition) is 4. The van der Waals surface area contributed by atoms with Crippen LogP contribution in [0, 0.1) is 0 Å². The van der Waals surface area contributed by atoms with E-state index in [1.54, 1.807) is 11.3 Å². The average Bonchev–Trinajstić information content (AvgIpc) is 2.69. The van der Waals surface area contributed by atoms with E-state index < -0.39 is 0 Å². The first-order valence-electron chi connectivity index (χ1n) is 6.45. The Bertz CT molecular complexity index is 323. The third-order valence-electron chi connectivity index (χ3n) is 2.40. The van der Waals surface area contributed by atoms with Crippen molar-refractivity contribution in [3.63, 3.8) is 0 Å². The minimum Gasteiger partial charge on any atom is -0.374 e. The zero-order valence-corrected chi connectivity index (χ0v) is 12.2. The molecular formula is C13H24N2OS. The molecule has 0 aliphatic carbocycles. The van der Waals surface area contributed by atoms with E-state index in [0.29, 0.717) is 12.6 Å². The normalized spacial score (nSPS) is 11.4. The van der Waals surface area contributed by atoms with Crippen LogP contribution in [0.5, 0.6) is 0 Å². The number of rotatable bonds is 8. The zero-order chi connectivity index (χ0) is 12.7. The van der Waals surface area contributed by atoms with Crippen LogP contribution in [0.25, 0.3) is 0 Å². The first-order chi connectivity index (χ1) is 8.17. The summed E-state index contributed by atoms with van der Waals surface area (Å²) in [6.07, 6.45) is 2.06. The molecule has 1 heterocycles. The van der Waals surface area contributed by atoms with Crippen LogP contribution in [-0.4, -0.2) is 17.6 Å². The summed E-state index contributed by atoms with van der Waals surface area (Å²) in [6.45, 7) is 11.0. The number of nitrogens with zero attached hydrogens (tertiary/aromatic N) is 1. The van der Waals surface area contributed by atoms with Crippen molar-refractivity contribution >= 4 is 11.3 Å². The quantitative estimate of drug-likeness (QED) is 0.726. The Morgan fingerprint density at radius 2 is 2.12 bits per heavy atom. The third kappa shape index (κ3) is 5.15. The molecule has 0 saturated carbocycles. The van der Waals surface area contributed by atoms with Gasteiger partial charge in [0.2, 0.25) is 0 Å². The summed E-state index contributed by atoms with van der Waals surface area (Å²) in [5.41, 5.74) is 1.22. The van der Waals surface area contributed by atoms with Crippen molar-refractivity contribution in [3.8, 4) is 0 Å². The molecule has 1 aromatic rings. The summed E-state index contributed by atoms with van der Waals surface area (Å²) >= 11 is 1.78. The molecule has 0 aromatic carbocycles. The smallest absolute Gasteiger partial charge is 0.119 e. The van der Waals surface area contributed by atoms with Gasteiger partial charge in [-0.15, -0.1) is 11.3 Å². The molecule has 0 aliphatic rings. The second-order valence-corrected chi connectivity index (χ2v) is 5.59. The third-order valence-corrected chi connectivity index (χ3v) is 3.47. The first kappa shape index (κ1) is 14.6. The zero-order valence-electron chi connectivity index (χ0n) is 11.4. The van der Waals surface area contributed by atoms with E-state index in [0.717, 1.165) is 31.0 Å². The lowest BCUT2D eigenvalue weighted by molar-refractivity contribution is 0.121. The highest BCUT2D eigenvalue weighted by atomic mass is 32.1. The largest absolute Gasteiger partial charge is 0.374 e. The number of aryl methyl sites for hydroxylation is 1. The van der Waals surface area contributed by atoms with E-state index in [1.807, 2.05) is 0 Å². The monoisotopic (exact) mass is 256 g/mol. The molecule has 0 fully saturated rings. The molecule has 0 radical (unpaired) electrons. The molecule has 1 rings (SSSR count). The molecule has 0 aliphatic heterocycles. The predicted molar refractivity (Wildman–Crippen MR) is 73.4 cm³/mol. The van der Waals surface area contributed by atoms with Crippen molar-refractivity contribution in [2.24, 2.45) is 0 Å². The molecule has 0 bridgehead atoms. The molecule has 0 unspecified atom stereocenters. The molecule has 0 amide bonds. The van der Waals surface area contributed by atoms with E-state index in [4.69, 9.17) is 4.74 Å². The molecule has 4 heteroatoms. The van der Waals surface area contributed by atoms with E-state index in [1.165, 1.54) is 10.6 Å². The van der Waals surface area contributed by atoms with Crippen LogP contribution >= 0.6 is 11.3 Å². The van der Waals surface area contributed by atoms with Gasteiger partial charge in [-0.1, -0.05) is 27.7 Å². The van der Waals surface area contributed by atoms with Crippen LogP contribution in [0.15, 0.2) is 0 Å². The minimum absolute atomic E-state index is 0.515. The molecule has 98 valence electrons. The highest BCUT2D eigenvalue weighted by Gasteiger charge is 2.09. The van der Waals surface area contributed by atoms with Gasteiger partial charge in [-0.2, -0.15) is 0 Å². The maximum Gasteiger partial charge on any atom is 0.119 e. The summed E-state index contributed by atoms with van der Waals surface area (Å²) in [5.74, 6) is 0. The number of hydrogen-bond donors (Lipinski definition) is 1. The van der Waals surface area contributed by atoms with Gasteiger partial charge in [0.15, 0.2) is 0 Å². The van der Waals surface area contributed by atoms with Gasteiger partial charge in [-0.3, -0.25) is 0 Å². The van der Waals surface area contributed by atoms with Gasteiger partial charge >= 0.3 is 0 Å². The molecule has 3 nitrogen and oxygen atoms in total. The highest BCUT2D eigenvalue weighted by molar-refractivity contribution is 7.11. The molecule has 0 saturated heterocycles. The second-order valence-electron chi connectivity index (χ2n) is 4.42.